The molecular weight excluding hydrogens is 280 g/mol. The summed E-state index contributed by atoms with van der Waals surface area (Å²) in [7, 11) is -2.32. The van der Waals surface area contributed by atoms with Gasteiger partial charge in [-0.2, -0.15) is 0 Å². The lowest BCUT2D eigenvalue weighted by atomic mass is 10.3. The predicted octanol–water partition coefficient (Wildman–Crippen LogP) is 0.966. The Morgan fingerprint density at radius 1 is 1.50 bits per heavy atom. The number of hydrogen-bond acceptors (Lipinski definition) is 5. The summed E-state index contributed by atoms with van der Waals surface area (Å²) in [5.41, 5.74) is 0. The maximum atomic E-state index is 11.7. The third kappa shape index (κ3) is 4.59. The highest BCUT2D eigenvalue weighted by atomic mass is 35.5. The van der Waals surface area contributed by atoms with Crippen molar-refractivity contribution in [1.29, 1.82) is 0 Å². The molecule has 6 nitrogen and oxygen atoms in total. The van der Waals surface area contributed by atoms with Gasteiger partial charge in [0.25, 0.3) is 0 Å². The average Bonchev–Trinajstić information content (AvgIpc) is 2.35. The lowest BCUT2D eigenvalue weighted by molar-refractivity contribution is -0.140. The Kier molecular flexibility index (Phi) is 5.52. The number of ether oxygens (including phenoxy) is 1. The highest BCUT2D eigenvalue weighted by molar-refractivity contribution is 7.89. The van der Waals surface area contributed by atoms with E-state index in [1.807, 2.05) is 0 Å². The minimum Gasteiger partial charge on any atom is -0.469 e. The van der Waals surface area contributed by atoms with Gasteiger partial charge in [-0.25, -0.2) is 18.1 Å². The monoisotopic (exact) mass is 292 g/mol. The van der Waals surface area contributed by atoms with E-state index >= 15 is 0 Å². The number of carbonyl (C=O) groups is 1. The molecule has 0 amide bonds. The quantitative estimate of drug-likeness (QED) is 0.480. The first kappa shape index (κ1) is 14.9. The second kappa shape index (κ2) is 6.67. The Hall–Kier alpha value is -1.18. The Balaban J connectivity index is 2.50. The zero-order valence-electron chi connectivity index (χ0n) is 9.72. The van der Waals surface area contributed by atoms with Gasteiger partial charge in [-0.05, 0) is 18.6 Å². The summed E-state index contributed by atoms with van der Waals surface area (Å²) in [5, 5.41) is 0.222. The average molecular weight is 293 g/mol. The molecule has 0 atom stereocenters. The molecule has 8 heteroatoms. The van der Waals surface area contributed by atoms with Gasteiger partial charge in [0.2, 0.25) is 10.0 Å². The van der Waals surface area contributed by atoms with Crippen molar-refractivity contribution in [1.82, 2.24) is 9.71 Å². The second-order valence-electron chi connectivity index (χ2n) is 3.39. The van der Waals surface area contributed by atoms with E-state index in [9.17, 15) is 13.2 Å². The number of nitrogens with zero attached hydrogens (tertiary/aromatic N) is 1. The molecule has 18 heavy (non-hydrogen) atoms. The first-order valence-corrected chi connectivity index (χ1v) is 7.00. The van der Waals surface area contributed by atoms with Gasteiger partial charge in [0.05, 0.1) is 7.11 Å². The summed E-state index contributed by atoms with van der Waals surface area (Å²) in [4.78, 5) is 14.5. The van der Waals surface area contributed by atoms with Gasteiger partial charge in [-0.1, -0.05) is 11.6 Å². The number of methoxy groups -OCH3 is 1. The van der Waals surface area contributed by atoms with Crippen LogP contribution >= 0.6 is 11.6 Å². The predicted molar refractivity (Wildman–Crippen MR) is 65.7 cm³/mol. The van der Waals surface area contributed by atoms with Crippen LogP contribution in [0.2, 0.25) is 5.15 Å². The second-order valence-corrected chi connectivity index (χ2v) is 5.55. The van der Waals surface area contributed by atoms with E-state index in [4.69, 9.17) is 11.6 Å². The number of sulfonamides is 1. The summed E-state index contributed by atoms with van der Waals surface area (Å²) in [5.74, 6) is -0.373. The molecule has 0 fully saturated rings. The third-order valence-electron chi connectivity index (χ3n) is 2.09. The molecule has 0 aliphatic rings. The van der Waals surface area contributed by atoms with Crippen LogP contribution in [0.1, 0.15) is 12.8 Å². The van der Waals surface area contributed by atoms with Crippen LogP contribution in [-0.2, 0) is 19.6 Å². The molecule has 1 aromatic rings. The molecule has 0 spiro atoms. The Bertz CT molecular complexity index is 501. The maximum Gasteiger partial charge on any atom is 0.305 e. The number of nitrogens with one attached hydrogen (secondary N) is 1. The number of esters is 1. The van der Waals surface area contributed by atoms with Crippen LogP contribution in [0.15, 0.2) is 23.2 Å². The van der Waals surface area contributed by atoms with E-state index in [0.29, 0.717) is 6.42 Å². The molecule has 0 aliphatic heterocycles. The first-order valence-electron chi connectivity index (χ1n) is 5.14. The van der Waals surface area contributed by atoms with E-state index < -0.39 is 10.0 Å². The number of hydrogen-bond donors (Lipinski definition) is 1. The van der Waals surface area contributed by atoms with Crippen LogP contribution in [0, 0.1) is 0 Å². The Morgan fingerprint density at radius 2 is 2.22 bits per heavy atom. The smallest absolute Gasteiger partial charge is 0.305 e. The molecule has 1 N–H and O–H groups in total. The van der Waals surface area contributed by atoms with Crippen LogP contribution in [0.3, 0.4) is 0 Å². The SMILES string of the molecule is COC(=O)CCCNS(=O)(=O)c1ccc(Cl)nc1. The molecule has 0 aliphatic carbocycles. The molecule has 0 aromatic carbocycles. The number of carbonyl (C=O) groups excluding carboxylic acids is 1. The van der Waals surface area contributed by atoms with E-state index in [-0.39, 0.29) is 29.0 Å². The van der Waals surface area contributed by atoms with Crippen molar-refractivity contribution in [3.05, 3.63) is 23.5 Å². The van der Waals surface area contributed by atoms with Gasteiger partial charge in [-0.3, -0.25) is 4.79 Å². The molecule has 0 radical (unpaired) electrons. The topological polar surface area (TPSA) is 85.4 Å². The summed E-state index contributed by atoms with van der Waals surface area (Å²) in [6, 6.07) is 2.75. The number of rotatable bonds is 6. The molecule has 1 rings (SSSR count). The highest BCUT2D eigenvalue weighted by Gasteiger charge is 2.13. The zero-order valence-corrected chi connectivity index (χ0v) is 11.3. The molecule has 0 unspecified atom stereocenters. The number of aromatic nitrogens is 1. The number of pyridine rings is 1. The van der Waals surface area contributed by atoms with Crippen molar-refractivity contribution in [2.75, 3.05) is 13.7 Å². The maximum absolute atomic E-state index is 11.7. The van der Waals surface area contributed by atoms with Crippen molar-refractivity contribution in [2.24, 2.45) is 0 Å². The van der Waals surface area contributed by atoms with Crippen molar-refractivity contribution in [3.63, 3.8) is 0 Å². The first-order chi connectivity index (χ1) is 8.45. The fourth-order valence-electron chi connectivity index (χ4n) is 1.15. The molecule has 0 saturated carbocycles. The molecule has 0 bridgehead atoms. The highest BCUT2D eigenvalue weighted by Crippen LogP contribution is 2.10. The van der Waals surface area contributed by atoms with Gasteiger partial charge in [0.1, 0.15) is 10.0 Å². The number of halogens is 1. The van der Waals surface area contributed by atoms with Crippen LogP contribution in [0.5, 0.6) is 0 Å². The molecular formula is C10H13ClN2O4S. The third-order valence-corrected chi connectivity index (χ3v) is 3.76. The van der Waals surface area contributed by atoms with Gasteiger partial charge >= 0.3 is 5.97 Å². The fraction of sp³-hybridized carbons (Fsp3) is 0.400. The van der Waals surface area contributed by atoms with Crippen LogP contribution < -0.4 is 4.72 Å². The van der Waals surface area contributed by atoms with Crippen LogP contribution in [0.4, 0.5) is 0 Å². The largest absolute Gasteiger partial charge is 0.469 e. The normalized spacial score (nSPS) is 11.2. The minimum absolute atomic E-state index is 0.0324. The van der Waals surface area contributed by atoms with E-state index in [0.717, 1.165) is 0 Å². The Labute approximate surface area is 110 Å². The van der Waals surface area contributed by atoms with Gasteiger partial charge in [0.15, 0.2) is 0 Å². The standard InChI is InChI=1S/C10H13ClN2O4S/c1-17-10(14)3-2-6-13-18(15,16)8-4-5-9(11)12-7-8/h4-5,7,13H,2-3,6H2,1H3. The molecule has 1 heterocycles. The van der Waals surface area contributed by atoms with E-state index in [1.54, 1.807) is 0 Å². The molecule has 0 saturated heterocycles. The van der Waals surface area contributed by atoms with Crippen molar-refractivity contribution in [3.8, 4) is 0 Å². The van der Waals surface area contributed by atoms with Crippen LogP contribution in [-0.4, -0.2) is 33.0 Å². The van der Waals surface area contributed by atoms with Crippen LogP contribution in [0.25, 0.3) is 0 Å². The lowest BCUT2D eigenvalue weighted by Crippen LogP contribution is -2.25. The van der Waals surface area contributed by atoms with Crippen molar-refractivity contribution in [2.45, 2.75) is 17.7 Å². The van der Waals surface area contributed by atoms with E-state index in [2.05, 4.69) is 14.4 Å². The fourth-order valence-corrected chi connectivity index (χ4v) is 2.28. The van der Waals surface area contributed by atoms with Gasteiger partial charge in [0, 0.05) is 19.2 Å². The zero-order chi connectivity index (χ0) is 13.6. The summed E-state index contributed by atoms with van der Waals surface area (Å²) >= 11 is 5.56. The van der Waals surface area contributed by atoms with Gasteiger partial charge in [-0.15, -0.1) is 0 Å². The summed E-state index contributed by atoms with van der Waals surface area (Å²) in [6.07, 6.45) is 1.70. The lowest BCUT2D eigenvalue weighted by Gasteiger charge is -2.05. The molecule has 1 aromatic heterocycles. The van der Waals surface area contributed by atoms with Crippen molar-refractivity contribution >= 4 is 27.6 Å². The van der Waals surface area contributed by atoms with Crippen molar-refractivity contribution < 1.29 is 17.9 Å². The van der Waals surface area contributed by atoms with Gasteiger partial charge < -0.3 is 4.74 Å². The summed E-state index contributed by atoms with van der Waals surface area (Å²) < 4.78 is 30.3. The summed E-state index contributed by atoms with van der Waals surface area (Å²) in [6.45, 7) is 0.153. The Morgan fingerprint density at radius 3 is 2.78 bits per heavy atom. The van der Waals surface area contributed by atoms with E-state index in [1.165, 1.54) is 25.4 Å². The molecule has 100 valence electrons. The minimum atomic E-state index is -3.60.